The van der Waals surface area contributed by atoms with Crippen LogP contribution >= 0.6 is 0 Å². The first-order valence-electron chi connectivity index (χ1n) is 6.35. The van der Waals surface area contributed by atoms with Gasteiger partial charge in [0, 0.05) is 19.2 Å². The number of ether oxygens (including phenoxy) is 1. The molecule has 2 rings (SSSR count). The molecule has 1 saturated heterocycles. The molecule has 112 valence electrons. The normalized spacial score (nSPS) is 24.2. The van der Waals surface area contributed by atoms with Crippen LogP contribution in [0.2, 0.25) is 0 Å². The lowest BCUT2D eigenvalue weighted by Crippen LogP contribution is -2.38. The highest BCUT2D eigenvalue weighted by Crippen LogP contribution is 2.25. The van der Waals surface area contributed by atoms with Crippen molar-refractivity contribution < 1.29 is 18.3 Å². The molecule has 6 nitrogen and oxygen atoms in total. The van der Waals surface area contributed by atoms with E-state index < -0.39 is 16.1 Å². The van der Waals surface area contributed by atoms with Gasteiger partial charge in [0.1, 0.15) is 5.75 Å². The minimum atomic E-state index is -3.60. The second kappa shape index (κ2) is 5.69. The van der Waals surface area contributed by atoms with Crippen molar-refractivity contribution in [3.8, 4) is 5.75 Å². The second-order valence-electron chi connectivity index (χ2n) is 5.10. The predicted octanol–water partition coefficient (Wildman–Crippen LogP) is -0.00940. The maximum atomic E-state index is 12.6. The number of nitrogens with zero attached hydrogens (tertiary/aromatic N) is 2. The van der Waals surface area contributed by atoms with Crippen LogP contribution in [0.15, 0.2) is 29.2 Å². The molecular weight excluding hydrogens is 280 g/mol. The van der Waals surface area contributed by atoms with Crippen LogP contribution in [0.5, 0.6) is 5.75 Å². The number of hydrogen-bond acceptors (Lipinski definition) is 5. The minimum absolute atomic E-state index is 0.113. The summed E-state index contributed by atoms with van der Waals surface area (Å²) in [5.74, 6) is 0.495. The van der Waals surface area contributed by atoms with Crippen molar-refractivity contribution in [2.24, 2.45) is 0 Å². The fraction of sp³-hybridized carbons (Fsp3) is 0.538. The highest BCUT2D eigenvalue weighted by molar-refractivity contribution is 7.89. The Kier molecular flexibility index (Phi) is 4.33. The van der Waals surface area contributed by atoms with Crippen molar-refractivity contribution >= 4 is 10.0 Å². The van der Waals surface area contributed by atoms with E-state index in [9.17, 15) is 13.5 Å². The molecule has 0 aliphatic carbocycles. The Labute approximate surface area is 119 Å². The van der Waals surface area contributed by atoms with Gasteiger partial charge in [-0.2, -0.15) is 4.31 Å². The summed E-state index contributed by atoms with van der Waals surface area (Å²) in [5, 5.41) is 9.97. The van der Waals surface area contributed by atoms with Gasteiger partial charge in [-0.1, -0.05) is 6.07 Å². The number of benzene rings is 1. The molecule has 1 aromatic rings. The van der Waals surface area contributed by atoms with Crippen molar-refractivity contribution in [2.45, 2.75) is 17.0 Å². The van der Waals surface area contributed by atoms with Gasteiger partial charge < -0.3 is 14.7 Å². The topological polar surface area (TPSA) is 70.1 Å². The van der Waals surface area contributed by atoms with E-state index >= 15 is 0 Å². The molecule has 0 aromatic heterocycles. The number of sulfonamides is 1. The smallest absolute Gasteiger partial charge is 0.243 e. The van der Waals surface area contributed by atoms with Gasteiger partial charge in [-0.05, 0) is 26.2 Å². The van der Waals surface area contributed by atoms with E-state index in [1.54, 1.807) is 12.1 Å². The van der Waals surface area contributed by atoms with Gasteiger partial charge in [-0.25, -0.2) is 8.42 Å². The standard InChI is InChI=1S/C13H20N2O4S/c1-14(2)12-8-15(9-13(12)16)20(17,18)11-6-4-5-10(7-11)19-3/h4-7,12-13,16H,8-9H2,1-3H3/t12-,13-/m1/s1. The molecule has 1 N–H and O–H groups in total. The number of β-amino-alcohol motifs (C(OH)–C–C–N with tert-alkyl or cyclic N) is 1. The second-order valence-corrected chi connectivity index (χ2v) is 7.04. The van der Waals surface area contributed by atoms with Crippen LogP contribution in [0, 0.1) is 0 Å². The van der Waals surface area contributed by atoms with Crippen LogP contribution in [-0.4, -0.2) is 69.2 Å². The van der Waals surface area contributed by atoms with Gasteiger partial charge in [-0.3, -0.25) is 0 Å². The molecule has 0 bridgehead atoms. The SMILES string of the molecule is COc1cccc(S(=O)(=O)N2C[C@@H](O)[C@H](N(C)C)C2)c1. The van der Waals surface area contributed by atoms with Crippen LogP contribution in [0.1, 0.15) is 0 Å². The lowest BCUT2D eigenvalue weighted by molar-refractivity contribution is 0.113. The zero-order chi connectivity index (χ0) is 14.9. The van der Waals surface area contributed by atoms with Crippen molar-refractivity contribution in [1.29, 1.82) is 0 Å². The summed E-state index contributed by atoms with van der Waals surface area (Å²) in [6.45, 7) is 0.399. The first kappa shape index (κ1) is 15.2. The summed E-state index contributed by atoms with van der Waals surface area (Å²) in [5.41, 5.74) is 0. The number of rotatable bonds is 4. The van der Waals surface area contributed by atoms with Gasteiger partial charge in [0.2, 0.25) is 10.0 Å². The van der Waals surface area contributed by atoms with Gasteiger partial charge in [0.05, 0.1) is 24.2 Å². The van der Waals surface area contributed by atoms with Gasteiger partial charge in [0.15, 0.2) is 0 Å². The molecule has 2 atom stereocenters. The van der Waals surface area contributed by atoms with E-state index in [0.29, 0.717) is 5.75 Å². The summed E-state index contributed by atoms with van der Waals surface area (Å²) in [4.78, 5) is 2.02. The number of likely N-dealkylation sites (N-methyl/N-ethyl adjacent to an activating group) is 1. The van der Waals surface area contributed by atoms with Crippen LogP contribution in [-0.2, 0) is 10.0 Å². The molecule has 1 fully saturated rings. The fourth-order valence-electron chi connectivity index (χ4n) is 2.35. The highest BCUT2D eigenvalue weighted by Gasteiger charge is 2.39. The van der Waals surface area contributed by atoms with Gasteiger partial charge in [-0.15, -0.1) is 0 Å². The molecule has 7 heteroatoms. The summed E-state index contributed by atoms with van der Waals surface area (Å²) in [7, 11) is 1.55. The zero-order valence-electron chi connectivity index (χ0n) is 11.9. The monoisotopic (exact) mass is 300 g/mol. The summed E-state index contributed by atoms with van der Waals surface area (Å²) in [6, 6.07) is 6.18. The van der Waals surface area contributed by atoms with Crippen molar-refractivity contribution in [3.05, 3.63) is 24.3 Å². The van der Waals surface area contributed by atoms with E-state index in [0.717, 1.165) is 0 Å². The molecule has 0 unspecified atom stereocenters. The Morgan fingerprint density at radius 1 is 1.35 bits per heavy atom. The van der Waals surface area contributed by atoms with E-state index in [1.807, 2.05) is 19.0 Å². The molecule has 1 aliphatic heterocycles. The highest BCUT2D eigenvalue weighted by atomic mass is 32.2. The van der Waals surface area contributed by atoms with E-state index in [1.165, 1.54) is 23.5 Å². The van der Waals surface area contributed by atoms with Gasteiger partial charge >= 0.3 is 0 Å². The summed E-state index contributed by atoms with van der Waals surface area (Å²) >= 11 is 0. The molecule has 1 aliphatic rings. The van der Waals surface area contributed by atoms with Crippen molar-refractivity contribution in [2.75, 3.05) is 34.3 Å². The molecule has 0 amide bonds. The third-order valence-electron chi connectivity index (χ3n) is 3.57. The largest absolute Gasteiger partial charge is 0.497 e. The molecule has 0 radical (unpaired) electrons. The van der Waals surface area contributed by atoms with E-state index in [4.69, 9.17) is 4.74 Å². The zero-order valence-corrected chi connectivity index (χ0v) is 12.7. The molecule has 1 heterocycles. The molecule has 20 heavy (non-hydrogen) atoms. The van der Waals surface area contributed by atoms with E-state index in [-0.39, 0.29) is 24.0 Å². The lowest BCUT2D eigenvalue weighted by atomic mass is 10.2. The third-order valence-corrected chi connectivity index (χ3v) is 5.40. The van der Waals surface area contributed by atoms with Crippen LogP contribution in [0.3, 0.4) is 0 Å². The Morgan fingerprint density at radius 2 is 2.05 bits per heavy atom. The molecule has 0 spiro atoms. The average molecular weight is 300 g/mol. The maximum absolute atomic E-state index is 12.6. The van der Waals surface area contributed by atoms with Crippen LogP contribution in [0.4, 0.5) is 0 Å². The third kappa shape index (κ3) is 2.80. The van der Waals surface area contributed by atoms with Crippen LogP contribution in [0.25, 0.3) is 0 Å². The summed E-state index contributed by atoms with van der Waals surface area (Å²) < 4.78 is 31.5. The number of hydrogen-bond donors (Lipinski definition) is 1. The molecule has 0 saturated carbocycles. The van der Waals surface area contributed by atoms with Crippen LogP contribution < -0.4 is 4.74 Å². The average Bonchev–Trinajstić information content (AvgIpc) is 2.82. The Morgan fingerprint density at radius 3 is 2.60 bits per heavy atom. The van der Waals surface area contributed by atoms with Gasteiger partial charge in [0.25, 0.3) is 0 Å². The molecular formula is C13H20N2O4S. The lowest BCUT2D eigenvalue weighted by Gasteiger charge is -2.21. The predicted molar refractivity (Wildman–Crippen MR) is 75.2 cm³/mol. The number of aliphatic hydroxyl groups excluding tert-OH is 1. The summed E-state index contributed by atoms with van der Waals surface area (Å²) in [6.07, 6.45) is -0.676. The Hall–Kier alpha value is -1.15. The Bertz CT molecular complexity index is 573. The quantitative estimate of drug-likeness (QED) is 0.847. The number of aliphatic hydroxyl groups is 1. The first-order chi connectivity index (χ1) is 9.36. The Balaban J connectivity index is 2.27. The first-order valence-corrected chi connectivity index (χ1v) is 7.79. The van der Waals surface area contributed by atoms with E-state index in [2.05, 4.69) is 0 Å². The fourth-order valence-corrected chi connectivity index (χ4v) is 3.86. The maximum Gasteiger partial charge on any atom is 0.243 e. The minimum Gasteiger partial charge on any atom is -0.497 e. The van der Waals surface area contributed by atoms with Crippen molar-refractivity contribution in [1.82, 2.24) is 9.21 Å². The van der Waals surface area contributed by atoms with Crippen molar-refractivity contribution in [3.63, 3.8) is 0 Å². The molecule has 1 aromatic carbocycles. The number of methoxy groups -OCH3 is 1.